The van der Waals surface area contributed by atoms with Gasteiger partial charge in [0.25, 0.3) is 5.91 Å². The van der Waals surface area contributed by atoms with E-state index in [2.05, 4.69) is 0 Å². The summed E-state index contributed by atoms with van der Waals surface area (Å²) in [5.74, 6) is -0.258. The SMILES string of the molecule is CC(C(=O)O)N(C)C(=O)COc1ccc(OCc2ccccc2)cc1. The van der Waals surface area contributed by atoms with E-state index in [4.69, 9.17) is 14.6 Å². The highest BCUT2D eigenvalue weighted by Gasteiger charge is 2.21. The topological polar surface area (TPSA) is 76.1 Å². The Bertz CT molecular complexity index is 700. The van der Waals surface area contributed by atoms with E-state index in [9.17, 15) is 9.59 Å². The van der Waals surface area contributed by atoms with Gasteiger partial charge in [0.05, 0.1) is 0 Å². The number of hydrogen-bond acceptors (Lipinski definition) is 4. The fourth-order valence-corrected chi connectivity index (χ4v) is 2.00. The van der Waals surface area contributed by atoms with Crippen LogP contribution in [0.4, 0.5) is 0 Å². The van der Waals surface area contributed by atoms with Gasteiger partial charge in [-0.05, 0) is 36.8 Å². The molecule has 2 aromatic rings. The summed E-state index contributed by atoms with van der Waals surface area (Å²) in [5, 5.41) is 8.90. The molecule has 6 nitrogen and oxygen atoms in total. The van der Waals surface area contributed by atoms with Crippen molar-refractivity contribution >= 4 is 11.9 Å². The van der Waals surface area contributed by atoms with Gasteiger partial charge in [-0.15, -0.1) is 0 Å². The lowest BCUT2D eigenvalue weighted by molar-refractivity contribution is -0.148. The quantitative estimate of drug-likeness (QED) is 0.797. The number of carboxylic acids is 1. The molecule has 2 aromatic carbocycles. The number of hydrogen-bond donors (Lipinski definition) is 1. The molecule has 0 heterocycles. The number of benzene rings is 2. The monoisotopic (exact) mass is 343 g/mol. The normalized spacial score (nSPS) is 11.4. The third kappa shape index (κ3) is 5.53. The van der Waals surface area contributed by atoms with Gasteiger partial charge in [-0.25, -0.2) is 4.79 Å². The summed E-state index contributed by atoms with van der Waals surface area (Å²) >= 11 is 0. The molecule has 0 saturated heterocycles. The van der Waals surface area contributed by atoms with Crippen molar-refractivity contribution in [1.82, 2.24) is 4.90 Å². The highest BCUT2D eigenvalue weighted by Crippen LogP contribution is 2.18. The van der Waals surface area contributed by atoms with Crippen LogP contribution in [0.5, 0.6) is 11.5 Å². The van der Waals surface area contributed by atoms with E-state index in [-0.39, 0.29) is 6.61 Å². The van der Waals surface area contributed by atoms with Crippen LogP contribution in [-0.2, 0) is 16.2 Å². The van der Waals surface area contributed by atoms with Crippen molar-refractivity contribution < 1.29 is 24.2 Å². The summed E-state index contributed by atoms with van der Waals surface area (Å²) in [4.78, 5) is 23.9. The molecule has 0 aliphatic heterocycles. The summed E-state index contributed by atoms with van der Waals surface area (Å²) < 4.78 is 11.1. The molecule has 2 rings (SSSR count). The van der Waals surface area contributed by atoms with Gasteiger partial charge in [-0.3, -0.25) is 4.79 Å². The summed E-state index contributed by atoms with van der Waals surface area (Å²) in [7, 11) is 1.44. The molecule has 0 aromatic heterocycles. The second kappa shape index (κ2) is 8.73. The van der Waals surface area contributed by atoms with Crippen LogP contribution in [-0.4, -0.2) is 41.6 Å². The Hall–Kier alpha value is -3.02. The summed E-state index contributed by atoms with van der Waals surface area (Å²) in [5.41, 5.74) is 1.07. The van der Waals surface area contributed by atoms with Crippen LogP contribution in [0.15, 0.2) is 54.6 Å². The van der Waals surface area contributed by atoms with Gasteiger partial charge < -0.3 is 19.5 Å². The molecule has 1 atom stereocenters. The summed E-state index contributed by atoms with van der Waals surface area (Å²) in [6, 6.07) is 15.8. The van der Waals surface area contributed by atoms with Gasteiger partial charge in [-0.1, -0.05) is 30.3 Å². The third-order valence-electron chi connectivity index (χ3n) is 3.77. The number of rotatable bonds is 8. The van der Waals surface area contributed by atoms with Crippen molar-refractivity contribution in [3.8, 4) is 11.5 Å². The van der Waals surface area contributed by atoms with Crippen molar-refractivity contribution in [2.24, 2.45) is 0 Å². The summed E-state index contributed by atoms with van der Waals surface area (Å²) in [6.07, 6.45) is 0. The van der Waals surface area contributed by atoms with Crippen molar-refractivity contribution in [2.45, 2.75) is 19.6 Å². The summed E-state index contributed by atoms with van der Waals surface area (Å²) in [6.45, 7) is 1.69. The lowest BCUT2D eigenvalue weighted by atomic mass is 10.2. The smallest absolute Gasteiger partial charge is 0.326 e. The largest absolute Gasteiger partial charge is 0.489 e. The van der Waals surface area contributed by atoms with Gasteiger partial charge in [0.2, 0.25) is 0 Å². The predicted octanol–water partition coefficient (Wildman–Crippen LogP) is 2.58. The standard InChI is InChI=1S/C19H21NO5/c1-14(19(22)23)20(2)18(21)13-25-17-10-8-16(9-11-17)24-12-15-6-4-3-5-7-15/h3-11,14H,12-13H2,1-2H3,(H,22,23). The van der Waals surface area contributed by atoms with Gasteiger partial charge in [0.15, 0.2) is 6.61 Å². The first-order valence-corrected chi connectivity index (χ1v) is 7.85. The average molecular weight is 343 g/mol. The maximum Gasteiger partial charge on any atom is 0.326 e. The van der Waals surface area contributed by atoms with E-state index >= 15 is 0 Å². The van der Waals surface area contributed by atoms with Crippen LogP contribution in [0.25, 0.3) is 0 Å². The van der Waals surface area contributed by atoms with Crippen molar-refractivity contribution in [2.75, 3.05) is 13.7 Å². The first-order chi connectivity index (χ1) is 12.0. The van der Waals surface area contributed by atoms with Crippen molar-refractivity contribution in [3.63, 3.8) is 0 Å². The van der Waals surface area contributed by atoms with Crippen molar-refractivity contribution in [3.05, 3.63) is 60.2 Å². The minimum atomic E-state index is -1.06. The molecule has 6 heteroatoms. The van der Waals surface area contributed by atoms with E-state index in [0.717, 1.165) is 10.5 Å². The van der Waals surface area contributed by atoms with Crippen molar-refractivity contribution in [1.29, 1.82) is 0 Å². The Morgan fingerprint density at radius 1 is 1.00 bits per heavy atom. The molecule has 0 aliphatic carbocycles. The minimum Gasteiger partial charge on any atom is -0.489 e. The fraction of sp³-hybridized carbons (Fsp3) is 0.263. The molecule has 132 valence electrons. The number of carbonyl (C=O) groups is 2. The minimum absolute atomic E-state index is 0.224. The van der Waals surface area contributed by atoms with Gasteiger partial charge in [-0.2, -0.15) is 0 Å². The van der Waals surface area contributed by atoms with Gasteiger partial charge >= 0.3 is 5.97 Å². The number of carboxylic acid groups (broad SMARTS) is 1. The average Bonchev–Trinajstić information content (AvgIpc) is 2.64. The second-order valence-electron chi connectivity index (χ2n) is 5.55. The number of nitrogens with zero attached hydrogens (tertiary/aromatic N) is 1. The van der Waals surface area contributed by atoms with Crippen LogP contribution >= 0.6 is 0 Å². The van der Waals surface area contributed by atoms with Crippen LogP contribution in [0.1, 0.15) is 12.5 Å². The highest BCUT2D eigenvalue weighted by atomic mass is 16.5. The number of ether oxygens (including phenoxy) is 2. The van der Waals surface area contributed by atoms with E-state index in [1.165, 1.54) is 14.0 Å². The molecule has 1 amide bonds. The Morgan fingerprint density at radius 2 is 1.56 bits per heavy atom. The molecule has 25 heavy (non-hydrogen) atoms. The molecule has 1 unspecified atom stereocenters. The Morgan fingerprint density at radius 3 is 2.12 bits per heavy atom. The first kappa shape index (κ1) is 18.3. The Balaban J connectivity index is 1.82. The van der Waals surface area contributed by atoms with E-state index in [1.54, 1.807) is 24.3 Å². The van der Waals surface area contributed by atoms with Gasteiger partial charge in [0, 0.05) is 7.05 Å². The third-order valence-corrected chi connectivity index (χ3v) is 3.77. The number of carbonyl (C=O) groups excluding carboxylic acids is 1. The number of amides is 1. The van der Waals surface area contributed by atoms with Crippen LogP contribution in [0, 0.1) is 0 Å². The lowest BCUT2D eigenvalue weighted by Gasteiger charge is -2.21. The maximum atomic E-state index is 11.9. The van der Waals surface area contributed by atoms with Crippen LogP contribution in [0.3, 0.4) is 0 Å². The van der Waals surface area contributed by atoms with E-state index in [0.29, 0.717) is 18.1 Å². The number of likely N-dealkylation sites (N-methyl/N-ethyl adjacent to an activating group) is 1. The molecule has 0 aliphatic rings. The Labute approximate surface area is 146 Å². The zero-order valence-electron chi connectivity index (χ0n) is 14.2. The van der Waals surface area contributed by atoms with E-state index in [1.807, 2.05) is 30.3 Å². The van der Waals surface area contributed by atoms with Crippen LogP contribution < -0.4 is 9.47 Å². The molecular formula is C19H21NO5. The molecule has 0 fully saturated rings. The highest BCUT2D eigenvalue weighted by molar-refractivity contribution is 5.84. The molecule has 0 bridgehead atoms. The maximum absolute atomic E-state index is 11.9. The van der Waals surface area contributed by atoms with Crippen LogP contribution in [0.2, 0.25) is 0 Å². The zero-order valence-corrected chi connectivity index (χ0v) is 14.2. The van der Waals surface area contributed by atoms with E-state index < -0.39 is 17.9 Å². The van der Waals surface area contributed by atoms with Gasteiger partial charge in [0.1, 0.15) is 24.1 Å². The zero-order chi connectivity index (χ0) is 18.2. The second-order valence-corrected chi connectivity index (χ2v) is 5.55. The fourth-order valence-electron chi connectivity index (χ4n) is 2.00. The number of aliphatic carboxylic acids is 1. The lowest BCUT2D eigenvalue weighted by Crippen LogP contribution is -2.42. The molecular weight excluding hydrogens is 322 g/mol. The molecule has 0 radical (unpaired) electrons. The first-order valence-electron chi connectivity index (χ1n) is 7.85. The molecule has 1 N–H and O–H groups in total. The molecule has 0 saturated carbocycles. The predicted molar refractivity (Wildman–Crippen MR) is 92.6 cm³/mol. The molecule has 0 spiro atoms. The Kier molecular flexibility index (Phi) is 6.39.